The van der Waals surface area contributed by atoms with Gasteiger partial charge in [0.2, 0.25) is 11.8 Å². The highest BCUT2D eigenvalue weighted by Gasteiger charge is 2.11. The predicted molar refractivity (Wildman–Crippen MR) is 118 cm³/mol. The van der Waals surface area contributed by atoms with E-state index < -0.39 is 0 Å². The second-order valence-corrected chi connectivity index (χ2v) is 7.81. The van der Waals surface area contributed by atoms with Gasteiger partial charge in [0.1, 0.15) is 11.2 Å². The molecule has 2 aromatic heterocycles. The number of carbonyl (C=O) groups excluding carboxylic acids is 3. The van der Waals surface area contributed by atoms with E-state index in [4.69, 9.17) is 4.42 Å². The van der Waals surface area contributed by atoms with E-state index in [-0.39, 0.29) is 43.4 Å². The molecule has 0 fully saturated rings. The van der Waals surface area contributed by atoms with Gasteiger partial charge in [-0.15, -0.1) is 11.3 Å². The quantitative estimate of drug-likeness (QED) is 0.403. The number of thiophene rings is 1. The molecule has 0 saturated heterocycles. The lowest BCUT2D eigenvalue weighted by Crippen LogP contribution is -2.27. The van der Waals surface area contributed by atoms with Gasteiger partial charge in [-0.2, -0.15) is 0 Å². The van der Waals surface area contributed by atoms with Crippen LogP contribution in [0.1, 0.15) is 28.9 Å². The van der Waals surface area contributed by atoms with Crippen molar-refractivity contribution in [2.45, 2.75) is 19.3 Å². The highest BCUT2D eigenvalue weighted by molar-refractivity contribution is 7.12. The van der Waals surface area contributed by atoms with E-state index in [0.717, 1.165) is 21.9 Å². The standard InChI is InChI=1S/C23H20N2O4S/c26-18(21-6-3-13-30-21)8-10-22(27)24-12-11-23(28)25-15-7-9-20-17(14-15)16-4-1-2-5-19(16)29-20/h1-7,9,13-14H,8,10-12H2,(H,24,27)(H,25,28). The molecule has 4 rings (SSSR count). The number of hydrogen-bond donors (Lipinski definition) is 2. The third kappa shape index (κ3) is 4.58. The van der Waals surface area contributed by atoms with Gasteiger partial charge < -0.3 is 15.1 Å². The molecule has 0 bridgehead atoms. The van der Waals surface area contributed by atoms with Gasteiger partial charge >= 0.3 is 0 Å². The summed E-state index contributed by atoms with van der Waals surface area (Å²) in [5.74, 6) is -0.476. The highest BCUT2D eigenvalue weighted by atomic mass is 32.1. The maximum Gasteiger partial charge on any atom is 0.226 e. The zero-order valence-corrected chi connectivity index (χ0v) is 17.0. The Balaban J connectivity index is 1.25. The zero-order valence-electron chi connectivity index (χ0n) is 16.1. The summed E-state index contributed by atoms with van der Waals surface area (Å²) in [5, 5.41) is 9.30. The summed E-state index contributed by atoms with van der Waals surface area (Å²) in [6.07, 6.45) is 0.425. The first-order chi connectivity index (χ1) is 14.6. The summed E-state index contributed by atoms with van der Waals surface area (Å²) in [6, 6.07) is 16.8. The second-order valence-electron chi connectivity index (χ2n) is 6.86. The average molecular weight is 420 g/mol. The van der Waals surface area contributed by atoms with Crippen LogP contribution in [0, 0.1) is 0 Å². The zero-order chi connectivity index (χ0) is 20.9. The predicted octanol–water partition coefficient (Wildman–Crippen LogP) is 4.76. The summed E-state index contributed by atoms with van der Waals surface area (Å²) in [6.45, 7) is 0.217. The number of amides is 2. The van der Waals surface area contributed by atoms with Gasteiger partial charge in [0.15, 0.2) is 5.78 Å². The van der Waals surface area contributed by atoms with Crippen molar-refractivity contribution in [3.63, 3.8) is 0 Å². The summed E-state index contributed by atoms with van der Waals surface area (Å²) in [7, 11) is 0. The van der Waals surface area contributed by atoms with Crippen LogP contribution in [0.2, 0.25) is 0 Å². The first-order valence-corrected chi connectivity index (χ1v) is 10.5. The van der Waals surface area contributed by atoms with Crippen LogP contribution in [0.3, 0.4) is 0 Å². The molecule has 30 heavy (non-hydrogen) atoms. The molecular weight excluding hydrogens is 400 g/mol. The van der Waals surface area contributed by atoms with Gasteiger partial charge in [-0.05, 0) is 35.7 Å². The van der Waals surface area contributed by atoms with E-state index in [1.807, 2.05) is 47.8 Å². The third-order valence-corrected chi connectivity index (χ3v) is 5.62. The lowest BCUT2D eigenvalue weighted by atomic mass is 10.1. The molecule has 0 atom stereocenters. The minimum absolute atomic E-state index is 0.0416. The molecule has 0 aliphatic rings. The number of fused-ring (bicyclic) bond motifs is 3. The molecule has 2 heterocycles. The number of para-hydroxylation sites is 1. The number of benzene rings is 2. The topological polar surface area (TPSA) is 88.4 Å². The lowest BCUT2D eigenvalue weighted by molar-refractivity contribution is -0.121. The van der Waals surface area contributed by atoms with Crippen molar-refractivity contribution in [2.24, 2.45) is 0 Å². The minimum Gasteiger partial charge on any atom is -0.456 e. The van der Waals surface area contributed by atoms with Crippen LogP contribution in [-0.4, -0.2) is 24.1 Å². The molecule has 0 aliphatic carbocycles. The van der Waals surface area contributed by atoms with Crippen molar-refractivity contribution in [3.05, 3.63) is 64.9 Å². The smallest absolute Gasteiger partial charge is 0.226 e. The number of nitrogens with one attached hydrogen (secondary N) is 2. The first kappa shape index (κ1) is 19.8. The Bertz CT molecular complexity index is 1210. The van der Waals surface area contributed by atoms with E-state index in [1.165, 1.54) is 11.3 Å². The Morgan fingerprint density at radius 2 is 1.67 bits per heavy atom. The third-order valence-electron chi connectivity index (χ3n) is 4.71. The van der Waals surface area contributed by atoms with Crippen LogP contribution >= 0.6 is 11.3 Å². The summed E-state index contributed by atoms with van der Waals surface area (Å²) in [5.41, 5.74) is 2.24. The van der Waals surface area contributed by atoms with Gasteiger partial charge in [-0.1, -0.05) is 24.3 Å². The second kappa shape index (κ2) is 8.92. The van der Waals surface area contributed by atoms with Gasteiger partial charge in [0.25, 0.3) is 0 Å². The monoisotopic (exact) mass is 420 g/mol. The van der Waals surface area contributed by atoms with Crippen molar-refractivity contribution in [3.8, 4) is 0 Å². The molecule has 2 N–H and O–H groups in total. The minimum atomic E-state index is -0.237. The van der Waals surface area contributed by atoms with Crippen LogP contribution in [0.25, 0.3) is 21.9 Å². The summed E-state index contributed by atoms with van der Waals surface area (Å²) >= 11 is 1.37. The number of rotatable bonds is 8. The Morgan fingerprint density at radius 3 is 2.50 bits per heavy atom. The number of Topliss-reactive ketones (excluding diaryl/α,β-unsaturated/α-hetero) is 1. The Morgan fingerprint density at radius 1 is 0.833 bits per heavy atom. The fourth-order valence-electron chi connectivity index (χ4n) is 3.22. The van der Waals surface area contributed by atoms with Crippen molar-refractivity contribution in [2.75, 3.05) is 11.9 Å². The molecule has 2 aromatic carbocycles. The maximum atomic E-state index is 12.2. The van der Waals surface area contributed by atoms with Crippen LogP contribution in [0.5, 0.6) is 0 Å². The Labute approximate surface area is 176 Å². The maximum absolute atomic E-state index is 12.2. The number of furan rings is 1. The molecular formula is C23H20N2O4S. The Kier molecular flexibility index (Phi) is 5.90. The van der Waals surface area contributed by atoms with Crippen molar-refractivity contribution < 1.29 is 18.8 Å². The van der Waals surface area contributed by atoms with Gasteiger partial charge in [0.05, 0.1) is 4.88 Å². The number of carbonyl (C=O) groups is 3. The number of ketones is 1. The van der Waals surface area contributed by atoms with Crippen molar-refractivity contribution in [1.29, 1.82) is 0 Å². The molecule has 0 saturated carbocycles. The highest BCUT2D eigenvalue weighted by Crippen LogP contribution is 2.30. The molecule has 0 spiro atoms. The normalized spacial score (nSPS) is 10.9. The molecule has 4 aromatic rings. The van der Waals surface area contributed by atoms with Crippen molar-refractivity contribution in [1.82, 2.24) is 5.32 Å². The molecule has 0 radical (unpaired) electrons. The molecule has 2 amide bonds. The SMILES string of the molecule is O=C(CCC(=O)c1cccs1)NCCC(=O)Nc1ccc2oc3ccccc3c2c1. The van der Waals surface area contributed by atoms with E-state index in [9.17, 15) is 14.4 Å². The van der Waals surface area contributed by atoms with E-state index >= 15 is 0 Å². The van der Waals surface area contributed by atoms with Crippen LogP contribution < -0.4 is 10.6 Å². The van der Waals surface area contributed by atoms with Crippen molar-refractivity contribution >= 4 is 56.6 Å². The van der Waals surface area contributed by atoms with Crippen LogP contribution in [0.4, 0.5) is 5.69 Å². The molecule has 0 unspecified atom stereocenters. The Hall–Kier alpha value is -3.45. The number of hydrogen-bond acceptors (Lipinski definition) is 5. The van der Waals surface area contributed by atoms with Gasteiger partial charge in [-0.25, -0.2) is 0 Å². The van der Waals surface area contributed by atoms with Gasteiger partial charge in [0, 0.05) is 42.3 Å². The largest absolute Gasteiger partial charge is 0.456 e. The summed E-state index contributed by atoms with van der Waals surface area (Å²) < 4.78 is 5.78. The molecule has 0 aliphatic heterocycles. The van der Waals surface area contributed by atoms with Crippen LogP contribution in [-0.2, 0) is 9.59 Å². The van der Waals surface area contributed by atoms with Crippen LogP contribution in [0.15, 0.2) is 64.4 Å². The van der Waals surface area contributed by atoms with E-state index in [0.29, 0.717) is 10.6 Å². The fourth-order valence-corrected chi connectivity index (χ4v) is 3.91. The fraction of sp³-hybridized carbons (Fsp3) is 0.174. The first-order valence-electron chi connectivity index (χ1n) is 9.65. The molecule has 6 nitrogen and oxygen atoms in total. The molecule has 152 valence electrons. The summed E-state index contributed by atoms with van der Waals surface area (Å²) in [4.78, 5) is 36.7. The average Bonchev–Trinajstić information content (AvgIpc) is 3.40. The molecule has 7 heteroatoms. The number of anilines is 1. The lowest BCUT2D eigenvalue weighted by Gasteiger charge is -2.07. The van der Waals surface area contributed by atoms with Gasteiger partial charge in [-0.3, -0.25) is 14.4 Å². The van der Waals surface area contributed by atoms with E-state index in [2.05, 4.69) is 10.6 Å². The van der Waals surface area contributed by atoms with E-state index in [1.54, 1.807) is 12.1 Å².